The van der Waals surface area contributed by atoms with Gasteiger partial charge in [0.2, 0.25) is 0 Å². The van der Waals surface area contributed by atoms with Gasteiger partial charge in [-0.3, -0.25) is 4.68 Å². The van der Waals surface area contributed by atoms with Crippen LogP contribution < -0.4 is 5.32 Å². The van der Waals surface area contributed by atoms with Crippen molar-refractivity contribution in [3.63, 3.8) is 0 Å². The fourth-order valence-electron chi connectivity index (χ4n) is 1.33. The standard InChI is InChI=1S/C11H22N4O/c1-9(2)11(16)6-13-10(3)4-5-15-8-12-7-14-15/h7-11,13,16H,4-6H2,1-3H3. The van der Waals surface area contributed by atoms with E-state index in [0.29, 0.717) is 18.5 Å². The highest BCUT2D eigenvalue weighted by Crippen LogP contribution is 2.01. The Hall–Kier alpha value is -0.940. The van der Waals surface area contributed by atoms with Gasteiger partial charge in [0.05, 0.1) is 6.10 Å². The van der Waals surface area contributed by atoms with Crippen molar-refractivity contribution in [2.45, 2.75) is 45.9 Å². The first-order valence-corrected chi connectivity index (χ1v) is 5.83. The predicted octanol–water partition coefficient (Wildman–Crippen LogP) is 0.663. The molecular formula is C11H22N4O. The van der Waals surface area contributed by atoms with Crippen molar-refractivity contribution in [1.82, 2.24) is 20.1 Å². The molecule has 0 aromatic carbocycles. The summed E-state index contributed by atoms with van der Waals surface area (Å²) < 4.78 is 1.82. The number of hydrogen-bond acceptors (Lipinski definition) is 4. The monoisotopic (exact) mass is 226 g/mol. The van der Waals surface area contributed by atoms with Crippen LogP contribution in [0.1, 0.15) is 27.2 Å². The van der Waals surface area contributed by atoms with Gasteiger partial charge in [0, 0.05) is 19.1 Å². The molecule has 0 saturated carbocycles. The Bertz CT molecular complexity index is 274. The van der Waals surface area contributed by atoms with Gasteiger partial charge in [0.15, 0.2) is 0 Å². The summed E-state index contributed by atoms with van der Waals surface area (Å²) in [6.07, 6.45) is 3.97. The molecule has 0 aliphatic heterocycles. The first-order valence-electron chi connectivity index (χ1n) is 5.83. The van der Waals surface area contributed by atoms with Crippen LogP contribution in [0.4, 0.5) is 0 Å². The molecule has 0 fully saturated rings. The van der Waals surface area contributed by atoms with Crippen molar-refractivity contribution in [3.05, 3.63) is 12.7 Å². The topological polar surface area (TPSA) is 63.0 Å². The zero-order valence-corrected chi connectivity index (χ0v) is 10.3. The molecule has 1 aromatic rings. The molecule has 92 valence electrons. The molecule has 5 heteroatoms. The number of aliphatic hydroxyl groups is 1. The molecule has 0 bridgehead atoms. The van der Waals surface area contributed by atoms with Crippen LogP contribution in [0, 0.1) is 5.92 Å². The van der Waals surface area contributed by atoms with Gasteiger partial charge in [0.25, 0.3) is 0 Å². The minimum absolute atomic E-state index is 0.270. The highest BCUT2D eigenvalue weighted by atomic mass is 16.3. The van der Waals surface area contributed by atoms with Gasteiger partial charge in [-0.15, -0.1) is 0 Å². The van der Waals surface area contributed by atoms with E-state index in [1.54, 1.807) is 12.7 Å². The molecule has 1 heterocycles. The van der Waals surface area contributed by atoms with Crippen LogP contribution in [0.25, 0.3) is 0 Å². The fourth-order valence-corrected chi connectivity index (χ4v) is 1.33. The first-order chi connectivity index (χ1) is 7.59. The van der Waals surface area contributed by atoms with Crippen LogP contribution in [0.3, 0.4) is 0 Å². The number of aryl methyl sites for hydroxylation is 1. The maximum atomic E-state index is 9.64. The highest BCUT2D eigenvalue weighted by Gasteiger charge is 2.10. The number of hydrogen-bond donors (Lipinski definition) is 2. The van der Waals surface area contributed by atoms with Gasteiger partial charge in [-0.25, -0.2) is 4.98 Å². The maximum absolute atomic E-state index is 9.64. The molecule has 2 N–H and O–H groups in total. The molecule has 2 unspecified atom stereocenters. The highest BCUT2D eigenvalue weighted by molar-refractivity contribution is 4.68. The first kappa shape index (κ1) is 13.1. The van der Waals surface area contributed by atoms with Crippen LogP contribution in [-0.4, -0.2) is 38.6 Å². The van der Waals surface area contributed by atoms with Crippen LogP contribution in [0.2, 0.25) is 0 Å². The third-order valence-corrected chi connectivity index (χ3v) is 2.70. The maximum Gasteiger partial charge on any atom is 0.137 e. The summed E-state index contributed by atoms with van der Waals surface area (Å²) in [7, 11) is 0. The SMILES string of the molecule is CC(CCn1cncn1)NCC(O)C(C)C. The lowest BCUT2D eigenvalue weighted by Crippen LogP contribution is -2.36. The normalized spacial score (nSPS) is 15.3. The number of aliphatic hydroxyl groups excluding tert-OH is 1. The molecule has 0 aliphatic rings. The van der Waals surface area contributed by atoms with Gasteiger partial charge < -0.3 is 10.4 Å². The molecule has 5 nitrogen and oxygen atoms in total. The third-order valence-electron chi connectivity index (χ3n) is 2.70. The number of aromatic nitrogens is 3. The minimum atomic E-state index is -0.270. The molecule has 1 rings (SSSR count). The van der Waals surface area contributed by atoms with Crippen molar-refractivity contribution >= 4 is 0 Å². The van der Waals surface area contributed by atoms with E-state index in [9.17, 15) is 5.11 Å². The van der Waals surface area contributed by atoms with Crippen LogP contribution in [0.5, 0.6) is 0 Å². The van der Waals surface area contributed by atoms with E-state index < -0.39 is 0 Å². The van der Waals surface area contributed by atoms with Crippen LogP contribution in [-0.2, 0) is 6.54 Å². The lowest BCUT2D eigenvalue weighted by Gasteiger charge is -2.19. The smallest absolute Gasteiger partial charge is 0.137 e. The Kier molecular flexibility index (Phi) is 5.42. The Balaban J connectivity index is 2.13. The second-order valence-corrected chi connectivity index (χ2v) is 4.57. The summed E-state index contributed by atoms with van der Waals surface area (Å²) in [5.74, 6) is 0.301. The summed E-state index contributed by atoms with van der Waals surface area (Å²) in [6.45, 7) is 7.66. The van der Waals surface area contributed by atoms with Crippen molar-refractivity contribution in [1.29, 1.82) is 0 Å². The molecule has 0 amide bonds. The number of nitrogens with zero attached hydrogens (tertiary/aromatic N) is 3. The number of rotatable bonds is 7. The van der Waals surface area contributed by atoms with Gasteiger partial charge in [0.1, 0.15) is 12.7 Å². The van der Waals surface area contributed by atoms with E-state index in [0.717, 1.165) is 13.0 Å². The Morgan fingerprint density at radius 1 is 1.38 bits per heavy atom. The Morgan fingerprint density at radius 3 is 2.69 bits per heavy atom. The third kappa shape index (κ3) is 4.72. The van der Waals surface area contributed by atoms with Crippen molar-refractivity contribution in [3.8, 4) is 0 Å². The average Bonchev–Trinajstić information content (AvgIpc) is 2.75. The second kappa shape index (κ2) is 6.60. The molecule has 2 atom stereocenters. The predicted molar refractivity (Wildman–Crippen MR) is 62.9 cm³/mol. The van der Waals surface area contributed by atoms with Gasteiger partial charge in [-0.2, -0.15) is 5.10 Å². The van der Waals surface area contributed by atoms with E-state index in [1.807, 2.05) is 18.5 Å². The van der Waals surface area contributed by atoms with Gasteiger partial charge >= 0.3 is 0 Å². The van der Waals surface area contributed by atoms with Gasteiger partial charge in [-0.05, 0) is 19.3 Å². The number of nitrogens with one attached hydrogen (secondary N) is 1. The summed E-state index contributed by atoms with van der Waals surface area (Å²) >= 11 is 0. The lowest BCUT2D eigenvalue weighted by molar-refractivity contribution is 0.120. The molecule has 0 radical (unpaired) electrons. The molecule has 0 spiro atoms. The van der Waals surface area contributed by atoms with Crippen molar-refractivity contribution in [2.75, 3.05) is 6.54 Å². The largest absolute Gasteiger partial charge is 0.392 e. The second-order valence-electron chi connectivity index (χ2n) is 4.57. The quantitative estimate of drug-likeness (QED) is 0.717. The zero-order valence-electron chi connectivity index (χ0n) is 10.3. The molecule has 16 heavy (non-hydrogen) atoms. The molecular weight excluding hydrogens is 204 g/mol. The molecule has 0 saturated heterocycles. The van der Waals surface area contributed by atoms with Gasteiger partial charge in [-0.1, -0.05) is 13.8 Å². The van der Waals surface area contributed by atoms with Crippen molar-refractivity contribution in [2.24, 2.45) is 5.92 Å². The Morgan fingerprint density at radius 2 is 2.12 bits per heavy atom. The van der Waals surface area contributed by atoms with Crippen LogP contribution >= 0.6 is 0 Å². The lowest BCUT2D eigenvalue weighted by atomic mass is 10.1. The van der Waals surface area contributed by atoms with E-state index in [4.69, 9.17) is 0 Å². The van der Waals surface area contributed by atoms with E-state index in [1.165, 1.54) is 0 Å². The summed E-state index contributed by atoms with van der Waals surface area (Å²) in [4.78, 5) is 3.89. The fraction of sp³-hybridized carbons (Fsp3) is 0.818. The summed E-state index contributed by atoms with van der Waals surface area (Å²) in [5.41, 5.74) is 0. The molecule has 1 aromatic heterocycles. The van der Waals surface area contributed by atoms with Crippen LogP contribution in [0.15, 0.2) is 12.7 Å². The van der Waals surface area contributed by atoms with E-state index >= 15 is 0 Å². The average molecular weight is 226 g/mol. The summed E-state index contributed by atoms with van der Waals surface area (Å²) in [5, 5.41) is 17.0. The molecule has 0 aliphatic carbocycles. The van der Waals surface area contributed by atoms with Crippen molar-refractivity contribution < 1.29 is 5.11 Å². The van der Waals surface area contributed by atoms with E-state index in [2.05, 4.69) is 22.3 Å². The zero-order chi connectivity index (χ0) is 12.0. The van der Waals surface area contributed by atoms with E-state index in [-0.39, 0.29) is 6.10 Å². The Labute approximate surface area is 96.9 Å². The summed E-state index contributed by atoms with van der Waals surface area (Å²) in [6, 6.07) is 0.373. The minimum Gasteiger partial charge on any atom is -0.392 e.